The van der Waals surface area contributed by atoms with Crippen molar-refractivity contribution < 1.29 is 4.52 Å². The average molecular weight is 419 g/mol. The van der Waals surface area contributed by atoms with E-state index in [1.807, 2.05) is 24.3 Å². The highest BCUT2D eigenvalue weighted by molar-refractivity contribution is 6.30. The molecule has 1 fully saturated rings. The zero-order chi connectivity index (χ0) is 20.6. The van der Waals surface area contributed by atoms with Crippen molar-refractivity contribution in [2.45, 2.75) is 39.7 Å². The summed E-state index contributed by atoms with van der Waals surface area (Å²) in [4.78, 5) is 14.2. The van der Waals surface area contributed by atoms with Crippen molar-refractivity contribution in [3.8, 4) is 11.4 Å². The lowest BCUT2D eigenvalue weighted by molar-refractivity contribution is 0.223. The van der Waals surface area contributed by atoms with Crippen LogP contribution in [-0.2, 0) is 6.42 Å². The van der Waals surface area contributed by atoms with Gasteiger partial charge in [-0.05, 0) is 38.6 Å². The van der Waals surface area contributed by atoms with Gasteiger partial charge < -0.3 is 14.7 Å². The summed E-state index contributed by atoms with van der Waals surface area (Å²) < 4.78 is 5.39. The summed E-state index contributed by atoms with van der Waals surface area (Å²) in [6, 6.07) is 8.05. The molecule has 0 spiro atoms. The van der Waals surface area contributed by atoms with Crippen molar-refractivity contribution in [2.24, 2.45) is 4.99 Å². The zero-order valence-corrected chi connectivity index (χ0v) is 18.3. The molecule has 1 saturated heterocycles. The third-order valence-corrected chi connectivity index (χ3v) is 5.50. The van der Waals surface area contributed by atoms with Crippen molar-refractivity contribution in [1.82, 2.24) is 25.3 Å². The number of likely N-dealkylation sites (tertiary alicyclic amines) is 1. The second kappa shape index (κ2) is 10.6. The first-order valence-electron chi connectivity index (χ1n) is 10.5. The molecule has 1 atom stereocenters. The van der Waals surface area contributed by atoms with Gasteiger partial charge in [0.25, 0.3) is 0 Å². The Morgan fingerprint density at radius 1 is 1.34 bits per heavy atom. The topological polar surface area (TPSA) is 69.8 Å². The van der Waals surface area contributed by atoms with Crippen LogP contribution in [0.2, 0.25) is 5.02 Å². The number of rotatable bonds is 8. The third-order valence-electron chi connectivity index (χ3n) is 5.26. The minimum absolute atomic E-state index is 0.556. The first-order chi connectivity index (χ1) is 14.1. The van der Waals surface area contributed by atoms with E-state index in [1.165, 1.54) is 6.42 Å². The van der Waals surface area contributed by atoms with Gasteiger partial charge in [0.05, 0.1) is 6.54 Å². The molecule has 7 nitrogen and oxygen atoms in total. The van der Waals surface area contributed by atoms with E-state index >= 15 is 0 Å². The highest BCUT2D eigenvalue weighted by atomic mass is 35.5. The molecule has 1 aliphatic rings. The molecule has 0 saturated carbocycles. The number of likely N-dealkylation sites (N-methyl/N-ethyl adjacent to an activating group) is 1. The largest absolute Gasteiger partial charge is 0.357 e. The Morgan fingerprint density at radius 3 is 2.90 bits per heavy atom. The minimum Gasteiger partial charge on any atom is -0.357 e. The molecule has 0 amide bonds. The Bertz CT molecular complexity index is 804. The molecule has 29 heavy (non-hydrogen) atoms. The fourth-order valence-corrected chi connectivity index (χ4v) is 3.95. The maximum Gasteiger partial charge on any atom is 0.228 e. The van der Waals surface area contributed by atoms with E-state index in [-0.39, 0.29) is 0 Å². The number of hydrogen-bond donors (Lipinski definition) is 1. The first-order valence-corrected chi connectivity index (χ1v) is 10.9. The van der Waals surface area contributed by atoms with Gasteiger partial charge in [0.2, 0.25) is 11.7 Å². The van der Waals surface area contributed by atoms with Crippen LogP contribution in [0.4, 0.5) is 0 Å². The van der Waals surface area contributed by atoms with Crippen molar-refractivity contribution in [3.63, 3.8) is 0 Å². The summed E-state index contributed by atoms with van der Waals surface area (Å²) in [6.45, 7) is 12.3. The number of guanidine groups is 1. The van der Waals surface area contributed by atoms with Gasteiger partial charge in [-0.1, -0.05) is 42.7 Å². The van der Waals surface area contributed by atoms with Crippen molar-refractivity contribution in [1.29, 1.82) is 0 Å². The highest BCUT2D eigenvalue weighted by Crippen LogP contribution is 2.20. The Labute approximate surface area is 178 Å². The summed E-state index contributed by atoms with van der Waals surface area (Å²) in [5, 5.41) is 8.14. The van der Waals surface area contributed by atoms with E-state index in [2.05, 4.69) is 46.0 Å². The lowest BCUT2D eigenvalue weighted by Gasteiger charge is -2.27. The van der Waals surface area contributed by atoms with Crippen LogP contribution in [0.25, 0.3) is 11.4 Å². The number of aliphatic imine (C=N–C) groups is 1. The predicted octanol–water partition coefficient (Wildman–Crippen LogP) is 3.31. The Balaban J connectivity index is 1.59. The molecule has 0 radical (unpaired) electrons. The number of halogens is 1. The van der Waals surface area contributed by atoms with Crippen molar-refractivity contribution in [3.05, 3.63) is 35.2 Å². The van der Waals surface area contributed by atoms with E-state index in [9.17, 15) is 0 Å². The van der Waals surface area contributed by atoms with Gasteiger partial charge in [0, 0.05) is 42.7 Å². The van der Waals surface area contributed by atoms with E-state index in [4.69, 9.17) is 21.1 Å². The van der Waals surface area contributed by atoms with E-state index in [1.54, 1.807) is 0 Å². The lowest BCUT2D eigenvalue weighted by atomic mass is 10.2. The first kappa shape index (κ1) is 21.6. The molecule has 1 aromatic heterocycles. The number of hydrogen-bond acceptors (Lipinski definition) is 5. The van der Waals surface area contributed by atoms with Gasteiger partial charge in [0.15, 0.2) is 5.96 Å². The normalized spacial score (nSPS) is 17.3. The van der Waals surface area contributed by atoms with Gasteiger partial charge in [-0.25, -0.2) is 0 Å². The van der Waals surface area contributed by atoms with Crippen LogP contribution >= 0.6 is 11.6 Å². The maximum absolute atomic E-state index is 6.04. The van der Waals surface area contributed by atoms with Crippen molar-refractivity contribution >= 4 is 17.6 Å². The van der Waals surface area contributed by atoms with E-state index < -0.39 is 0 Å². The second-order valence-electron chi connectivity index (χ2n) is 7.12. The Kier molecular flexibility index (Phi) is 7.89. The third kappa shape index (κ3) is 5.70. The molecule has 2 aromatic rings. The quantitative estimate of drug-likeness (QED) is 0.524. The van der Waals surface area contributed by atoms with Gasteiger partial charge in [-0.15, -0.1) is 0 Å². The Morgan fingerprint density at radius 2 is 2.17 bits per heavy atom. The summed E-state index contributed by atoms with van der Waals surface area (Å²) in [6.07, 6.45) is 1.79. The standard InChI is InChI=1S/C21H31ClN6O/c1-4-23-21(28-13-11-18(15-28)27(5-2)6-3)24-12-10-19-25-20(26-29-19)16-8-7-9-17(22)14-16/h7-9,14,18H,4-6,10-13,15H2,1-3H3,(H,23,24). The molecular formula is C21H31ClN6O. The molecule has 0 bridgehead atoms. The summed E-state index contributed by atoms with van der Waals surface area (Å²) in [7, 11) is 0. The molecule has 1 aromatic carbocycles. The number of nitrogens with one attached hydrogen (secondary N) is 1. The molecule has 158 valence electrons. The van der Waals surface area contributed by atoms with Crippen LogP contribution in [-0.4, -0.2) is 71.2 Å². The Hall–Kier alpha value is -2.12. The van der Waals surface area contributed by atoms with Crippen LogP contribution in [0, 0.1) is 0 Å². The molecule has 1 aliphatic heterocycles. The summed E-state index contributed by atoms with van der Waals surface area (Å²) >= 11 is 6.04. The van der Waals surface area contributed by atoms with Crippen LogP contribution in [0.1, 0.15) is 33.1 Å². The van der Waals surface area contributed by atoms with Crippen LogP contribution in [0.3, 0.4) is 0 Å². The smallest absolute Gasteiger partial charge is 0.228 e. The van der Waals surface area contributed by atoms with E-state index in [0.29, 0.717) is 35.7 Å². The lowest BCUT2D eigenvalue weighted by Crippen LogP contribution is -2.43. The molecular weight excluding hydrogens is 388 g/mol. The minimum atomic E-state index is 0.556. The number of nitrogens with zero attached hydrogens (tertiary/aromatic N) is 5. The van der Waals surface area contributed by atoms with Crippen LogP contribution in [0.15, 0.2) is 33.8 Å². The molecule has 0 aliphatic carbocycles. The van der Waals surface area contributed by atoms with Crippen LogP contribution in [0.5, 0.6) is 0 Å². The molecule has 3 rings (SSSR count). The zero-order valence-electron chi connectivity index (χ0n) is 17.6. The molecule has 2 heterocycles. The average Bonchev–Trinajstić information content (AvgIpc) is 3.39. The van der Waals surface area contributed by atoms with Crippen LogP contribution < -0.4 is 5.32 Å². The second-order valence-corrected chi connectivity index (χ2v) is 7.55. The SMILES string of the molecule is CCNC(=NCCc1nc(-c2cccc(Cl)c2)no1)N1CCC(N(CC)CC)C1. The van der Waals surface area contributed by atoms with Gasteiger partial charge in [0.1, 0.15) is 0 Å². The van der Waals surface area contributed by atoms with Gasteiger partial charge in [-0.2, -0.15) is 4.98 Å². The molecule has 8 heteroatoms. The monoisotopic (exact) mass is 418 g/mol. The highest BCUT2D eigenvalue weighted by Gasteiger charge is 2.27. The predicted molar refractivity (Wildman–Crippen MR) is 117 cm³/mol. The fraction of sp³-hybridized carbons (Fsp3) is 0.571. The van der Waals surface area contributed by atoms with Crippen molar-refractivity contribution in [2.75, 3.05) is 39.3 Å². The molecule has 1 unspecified atom stereocenters. The van der Waals surface area contributed by atoms with Gasteiger partial charge in [-0.3, -0.25) is 9.89 Å². The molecule has 1 N–H and O–H groups in total. The number of benzene rings is 1. The summed E-state index contributed by atoms with van der Waals surface area (Å²) in [5.41, 5.74) is 0.851. The van der Waals surface area contributed by atoms with E-state index in [0.717, 1.165) is 44.2 Å². The van der Waals surface area contributed by atoms with Gasteiger partial charge >= 0.3 is 0 Å². The number of aromatic nitrogens is 2. The fourth-order valence-electron chi connectivity index (χ4n) is 3.76. The maximum atomic E-state index is 6.04. The summed E-state index contributed by atoms with van der Waals surface area (Å²) in [5.74, 6) is 2.11.